The minimum atomic E-state index is -0.216. The molecule has 0 bridgehead atoms. The van der Waals surface area contributed by atoms with Crippen LogP contribution < -0.4 is 9.47 Å². The number of benzene rings is 2. The summed E-state index contributed by atoms with van der Waals surface area (Å²) in [7, 11) is 1.56. The number of Topliss-reactive ketones (excluding diaryl/α,β-unsaturated/α-hetero) is 1. The van der Waals surface area contributed by atoms with Crippen molar-refractivity contribution in [1.29, 1.82) is 0 Å². The Morgan fingerprint density at radius 2 is 2.05 bits per heavy atom. The van der Waals surface area contributed by atoms with Crippen molar-refractivity contribution in [3.8, 4) is 17.2 Å². The fourth-order valence-electron chi connectivity index (χ4n) is 2.13. The van der Waals surface area contributed by atoms with Crippen LogP contribution in [0.15, 0.2) is 46.6 Å². The molecular formula is C16H11BrO4. The average molecular weight is 347 g/mol. The minimum absolute atomic E-state index is 0.0582. The van der Waals surface area contributed by atoms with Gasteiger partial charge in [0.25, 0.3) is 0 Å². The number of allylic oxidation sites excluding steroid dienone is 1. The van der Waals surface area contributed by atoms with Crippen LogP contribution >= 0.6 is 15.9 Å². The molecular weight excluding hydrogens is 336 g/mol. The van der Waals surface area contributed by atoms with Gasteiger partial charge in [0, 0.05) is 16.1 Å². The first-order valence-corrected chi connectivity index (χ1v) is 6.98. The van der Waals surface area contributed by atoms with Gasteiger partial charge in [0.05, 0.1) is 12.7 Å². The number of aromatic hydroxyl groups is 1. The van der Waals surface area contributed by atoms with Gasteiger partial charge in [0.1, 0.15) is 17.2 Å². The molecule has 0 saturated heterocycles. The van der Waals surface area contributed by atoms with Gasteiger partial charge in [-0.15, -0.1) is 0 Å². The lowest BCUT2D eigenvalue weighted by Gasteiger charge is -2.06. The monoisotopic (exact) mass is 346 g/mol. The Morgan fingerprint density at radius 3 is 2.81 bits per heavy atom. The molecule has 0 saturated carbocycles. The normalized spacial score (nSPS) is 15.0. The second kappa shape index (κ2) is 5.26. The molecule has 0 aliphatic carbocycles. The van der Waals surface area contributed by atoms with E-state index in [2.05, 4.69) is 15.9 Å². The molecule has 0 aromatic heterocycles. The SMILES string of the molecule is COc1ccc(Br)cc1/C=C1\Oc2cc(O)ccc2C1=O. The molecule has 0 spiro atoms. The number of halogens is 1. The lowest BCUT2D eigenvalue weighted by atomic mass is 10.1. The number of carbonyl (C=O) groups is 1. The maximum atomic E-state index is 12.3. The maximum absolute atomic E-state index is 12.3. The summed E-state index contributed by atoms with van der Waals surface area (Å²) in [6, 6.07) is 9.92. The molecule has 1 N–H and O–H groups in total. The van der Waals surface area contributed by atoms with E-state index in [-0.39, 0.29) is 17.3 Å². The number of carbonyl (C=O) groups excluding carboxylic acids is 1. The van der Waals surface area contributed by atoms with Crippen molar-refractivity contribution in [2.75, 3.05) is 7.11 Å². The predicted molar refractivity (Wildman–Crippen MR) is 81.7 cm³/mol. The summed E-state index contributed by atoms with van der Waals surface area (Å²) in [6.45, 7) is 0. The van der Waals surface area contributed by atoms with E-state index in [0.29, 0.717) is 17.1 Å². The van der Waals surface area contributed by atoms with Crippen LogP contribution in [-0.4, -0.2) is 18.0 Å². The number of rotatable bonds is 2. The van der Waals surface area contributed by atoms with E-state index < -0.39 is 0 Å². The molecule has 0 radical (unpaired) electrons. The summed E-state index contributed by atoms with van der Waals surface area (Å²) in [5.74, 6) is 1.04. The molecule has 0 atom stereocenters. The third-order valence-corrected chi connectivity index (χ3v) is 3.63. The summed E-state index contributed by atoms with van der Waals surface area (Å²) in [5.41, 5.74) is 1.17. The first-order chi connectivity index (χ1) is 10.1. The van der Waals surface area contributed by atoms with Gasteiger partial charge in [-0.3, -0.25) is 4.79 Å². The smallest absolute Gasteiger partial charge is 0.231 e. The molecule has 106 valence electrons. The van der Waals surface area contributed by atoms with E-state index in [1.165, 1.54) is 12.1 Å². The summed E-state index contributed by atoms with van der Waals surface area (Å²) in [6.07, 6.45) is 1.63. The Morgan fingerprint density at radius 1 is 1.24 bits per heavy atom. The van der Waals surface area contributed by atoms with Crippen molar-refractivity contribution in [1.82, 2.24) is 0 Å². The van der Waals surface area contributed by atoms with Gasteiger partial charge in [0.2, 0.25) is 5.78 Å². The molecule has 21 heavy (non-hydrogen) atoms. The number of ketones is 1. The van der Waals surface area contributed by atoms with E-state index in [9.17, 15) is 9.90 Å². The first kappa shape index (κ1) is 13.7. The predicted octanol–water partition coefficient (Wildman–Crippen LogP) is 3.78. The first-order valence-electron chi connectivity index (χ1n) is 6.19. The molecule has 4 nitrogen and oxygen atoms in total. The second-order valence-corrected chi connectivity index (χ2v) is 5.42. The van der Waals surface area contributed by atoms with Crippen LogP contribution in [0, 0.1) is 0 Å². The summed E-state index contributed by atoms with van der Waals surface area (Å²) < 4.78 is 11.7. The van der Waals surface area contributed by atoms with Crippen molar-refractivity contribution in [2.24, 2.45) is 0 Å². The Balaban J connectivity index is 2.03. The van der Waals surface area contributed by atoms with Crippen LogP contribution in [0.5, 0.6) is 17.2 Å². The molecule has 0 unspecified atom stereocenters. The molecule has 1 aliphatic heterocycles. The number of phenolic OH excluding ortho intramolecular Hbond substituents is 1. The highest BCUT2D eigenvalue weighted by Gasteiger charge is 2.27. The van der Waals surface area contributed by atoms with Gasteiger partial charge in [-0.05, 0) is 36.4 Å². The van der Waals surface area contributed by atoms with Crippen LogP contribution in [0.1, 0.15) is 15.9 Å². The van der Waals surface area contributed by atoms with E-state index >= 15 is 0 Å². The van der Waals surface area contributed by atoms with Crippen LogP contribution in [0.2, 0.25) is 0 Å². The maximum Gasteiger partial charge on any atom is 0.231 e. The van der Waals surface area contributed by atoms with Gasteiger partial charge in [-0.25, -0.2) is 0 Å². The summed E-state index contributed by atoms with van der Waals surface area (Å²) >= 11 is 3.38. The highest BCUT2D eigenvalue weighted by Crippen LogP contribution is 2.35. The minimum Gasteiger partial charge on any atom is -0.508 e. The number of hydrogen-bond donors (Lipinski definition) is 1. The van der Waals surface area contributed by atoms with Gasteiger partial charge >= 0.3 is 0 Å². The van der Waals surface area contributed by atoms with E-state index in [0.717, 1.165) is 10.0 Å². The standard InChI is InChI=1S/C16H11BrO4/c1-20-13-5-2-10(17)6-9(13)7-15-16(19)12-4-3-11(18)8-14(12)21-15/h2-8,18H,1H3/b15-7-. The molecule has 3 rings (SSSR count). The fraction of sp³-hybridized carbons (Fsp3) is 0.0625. The van der Waals surface area contributed by atoms with Crippen LogP contribution in [0.25, 0.3) is 6.08 Å². The van der Waals surface area contributed by atoms with E-state index in [4.69, 9.17) is 9.47 Å². The van der Waals surface area contributed by atoms with E-state index in [1.54, 1.807) is 25.3 Å². The zero-order valence-corrected chi connectivity index (χ0v) is 12.7. The number of methoxy groups -OCH3 is 1. The lowest BCUT2D eigenvalue weighted by molar-refractivity contribution is 0.101. The molecule has 5 heteroatoms. The third kappa shape index (κ3) is 2.52. The number of hydrogen-bond acceptors (Lipinski definition) is 4. The van der Waals surface area contributed by atoms with Crippen molar-refractivity contribution < 1.29 is 19.4 Å². The number of phenols is 1. The van der Waals surface area contributed by atoms with Crippen molar-refractivity contribution in [2.45, 2.75) is 0 Å². The van der Waals surface area contributed by atoms with Gasteiger partial charge < -0.3 is 14.6 Å². The van der Waals surface area contributed by atoms with Gasteiger partial charge in [-0.1, -0.05) is 15.9 Å². The van der Waals surface area contributed by atoms with Crippen LogP contribution in [0.4, 0.5) is 0 Å². The third-order valence-electron chi connectivity index (χ3n) is 3.13. The quantitative estimate of drug-likeness (QED) is 0.840. The Bertz CT molecular complexity index is 765. The van der Waals surface area contributed by atoms with Crippen LogP contribution in [0.3, 0.4) is 0 Å². The lowest BCUT2D eigenvalue weighted by Crippen LogP contribution is -1.98. The van der Waals surface area contributed by atoms with Crippen molar-refractivity contribution in [3.05, 3.63) is 57.8 Å². The molecule has 1 aliphatic rings. The summed E-state index contributed by atoms with van der Waals surface area (Å²) in [4.78, 5) is 12.3. The highest BCUT2D eigenvalue weighted by molar-refractivity contribution is 9.10. The second-order valence-electron chi connectivity index (χ2n) is 4.51. The zero-order valence-electron chi connectivity index (χ0n) is 11.1. The topological polar surface area (TPSA) is 55.8 Å². The number of fused-ring (bicyclic) bond motifs is 1. The molecule has 2 aromatic rings. The number of ether oxygens (including phenoxy) is 2. The Hall–Kier alpha value is -2.27. The highest BCUT2D eigenvalue weighted by atomic mass is 79.9. The fourth-order valence-corrected chi connectivity index (χ4v) is 2.51. The van der Waals surface area contributed by atoms with Crippen LogP contribution in [-0.2, 0) is 0 Å². The van der Waals surface area contributed by atoms with E-state index in [1.807, 2.05) is 12.1 Å². The summed E-state index contributed by atoms with van der Waals surface area (Å²) in [5, 5.41) is 9.44. The van der Waals surface area contributed by atoms with Gasteiger partial charge in [-0.2, -0.15) is 0 Å². The molecule has 0 fully saturated rings. The van der Waals surface area contributed by atoms with Gasteiger partial charge in [0.15, 0.2) is 5.76 Å². The molecule has 1 heterocycles. The molecule has 0 amide bonds. The van der Waals surface area contributed by atoms with Crippen molar-refractivity contribution in [3.63, 3.8) is 0 Å². The molecule has 2 aromatic carbocycles. The Labute approximate surface area is 129 Å². The largest absolute Gasteiger partial charge is 0.508 e. The average Bonchev–Trinajstić information content (AvgIpc) is 2.75. The zero-order chi connectivity index (χ0) is 15.0. The van der Waals surface area contributed by atoms with Crippen molar-refractivity contribution >= 4 is 27.8 Å². The Kier molecular flexibility index (Phi) is 3.43.